The molecule has 0 saturated carbocycles. The van der Waals surface area contributed by atoms with Crippen LogP contribution in [0.1, 0.15) is 151 Å². The number of hydrogen-bond acceptors (Lipinski definition) is 4. The van der Waals surface area contributed by atoms with Crippen LogP contribution in [0.3, 0.4) is 0 Å². The molecule has 0 spiro atoms. The molecule has 0 saturated heterocycles. The molecule has 2 nitrogen and oxygen atoms in total. The maximum absolute atomic E-state index is 5.36. The monoisotopic (exact) mass is 766 g/mol. The molecule has 0 amide bonds. The second kappa shape index (κ2) is 18.1. The molecule has 55 heavy (non-hydrogen) atoms. The van der Waals surface area contributed by atoms with E-state index < -0.39 is 0 Å². The van der Waals surface area contributed by atoms with Gasteiger partial charge in [-0.25, -0.2) is 9.97 Å². The van der Waals surface area contributed by atoms with Crippen molar-refractivity contribution in [3.8, 4) is 42.4 Å². The van der Waals surface area contributed by atoms with Crippen LogP contribution in [-0.2, 0) is 18.3 Å². The predicted molar refractivity (Wildman–Crippen MR) is 242 cm³/mol. The van der Waals surface area contributed by atoms with Crippen LogP contribution in [0, 0.1) is 13.8 Å². The number of aromatic nitrogens is 2. The Balaban J connectivity index is 1.28. The van der Waals surface area contributed by atoms with Crippen molar-refractivity contribution in [2.45, 2.75) is 150 Å². The average molecular weight is 767 g/mol. The van der Waals surface area contributed by atoms with Gasteiger partial charge in [0.05, 0.1) is 22.4 Å². The lowest BCUT2D eigenvalue weighted by atomic mass is 9.70. The van der Waals surface area contributed by atoms with E-state index >= 15 is 0 Å². The van der Waals surface area contributed by atoms with Crippen molar-refractivity contribution in [1.82, 2.24) is 9.97 Å². The number of benzene rings is 3. The molecule has 3 heterocycles. The molecule has 1 aliphatic carbocycles. The van der Waals surface area contributed by atoms with E-state index in [1.165, 1.54) is 143 Å². The second-order valence-electron chi connectivity index (χ2n) is 16.2. The Morgan fingerprint density at radius 1 is 0.473 bits per heavy atom. The first-order chi connectivity index (χ1) is 26.9. The van der Waals surface area contributed by atoms with Gasteiger partial charge < -0.3 is 0 Å². The molecular formula is C51H62N2S2. The fraction of sp³-hybridized carbons (Fsp3) is 0.451. The lowest BCUT2D eigenvalue weighted by Gasteiger charge is -2.33. The highest BCUT2D eigenvalue weighted by molar-refractivity contribution is 7.19. The van der Waals surface area contributed by atoms with E-state index in [0.717, 1.165) is 35.3 Å². The van der Waals surface area contributed by atoms with Crippen LogP contribution < -0.4 is 0 Å². The van der Waals surface area contributed by atoms with Gasteiger partial charge in [0.1, 0.15) is 0 Å². The standard InChI is InChI=1S/C51H62N2S2/c1-7-11-13-15-17-19-31-51(32-20-18-16-14-12-8-2)42-33-35(5)21-24-38(42)39-25-23-37(34-43(39)51)46-29-30-48(55-46)41-27-26-40(47-28-22-36(6)54-47)49-50(41)53-45(10-4)44(9-3)52-49/h21-30,33-34H,7-20,31-32H2,1-6H3. The molecular weight excluding hydrogens is 705 g/mol. The molecule has 0 unspecified atom stereocenters. The number of fused-ring (bicyclic) bond motifs is 4. The van der Waals surface area contributed by atoms with Crippen molar-refractivity contribution in [1.29, 1.82) is 0 Å². The van der Waals surface area contributed by atoms with Gasteiger partial charge in [0.2, 0.25) is 0 Å². The first kappa shape index (κ1) is 39.6. The third kappa shape index (κ3) is 8.28. The number of thiophene rings is 2. The molecule has 0 N–H and O–H groups in total. The zero-order valence-corrected chi connectivity index (χ0v) is 36.1. The second-order valence-corrected chi connectivity index (χ2v) is 18.6. The molecule has 4 heteroatoms. The van der Waals surface area contributed by atoms with Crippen LogP contribution in [0.5, 0.6) is 0 Å². The average Bonchev–Trinajstić information content (AvgIpc) is 3.93. The minimum Gasteiger partial charge on any atom is -0.249 e. The van der Waals surface area contributed by atoms with Crippen molar-refractivity contribution in [2.75, 3.05) is 0 Å². The fourth-order valence-corrected chi connectivity index (χ4v) is 11.1. The predicted octanol–water partition coefficient (Wildman–Crippen LogP) is 16.3. The Morgan fingerprint density at radius 2 is 0.964 bits per heavy atom. The summed E-state index contributed by atoms with van der Waals surface area (Å²) in [6, 6.07) is 28.5. The summed E-state index contributed by atoms with van der Waals surface area (Å²) in [5.41, 5.74) is 15.6. The van der Waals surface area contributed by atoms with Crippen LogP contribution in [0.25, 0.3) is 53.5 Å². The molecule has 0 aliphatic heterocycles. The summed E-state index contributed by atoms with van der Waals surface area (Å²) in [6.45, 7) is 13.5. The number of aryl methyl sites for hydroxylation is 4. The highest BCUT2D eigenvalue weighted by Gasteiger charge is 2.42. The molecule has 1 aliphatic rings. The quantitative estimate of drug-likeness (QED) is 0.0767. The van der Waals surface area contributed by atoms with E-state index in [0.29, 0.717) is 0 Å². The van der Waals surface area contributed by atoms with Gasteiger partial charge in [0, 0.05) is 36.1 Å². The minimum atomic E-state index is 0.0810. The van der Waals surface area contributed by atoms with E-state index in [2.05, 4.69) is 114 Å². The van der Waals surface area contributed by atoms with E-state index in [-0.39, 0.29) is 5.41 Å². The Bertz CT molecular complexity index is 2200. The molecule has 0 atom stereocenters. The third-order valence-corrected chi connectivity index (χ3v) is 14.4. The summed E-state index contributed by atoms with van der Waals surface area (Å²) in [5.74, 6) is 0. The molecule has 6 aromatic rings. The van der Waals surface area contributed by atoms with Crippen LogP contribution in [0.2, 0.25) is 0 Å². The number of unbranched alkanes of at least 4 members (excludes halogenated alkanes) is 10. The number of rotatable bonds is 19. The molecule has 0 fully saturated rings. The Hall–Kier alpha value is -3.60. The SMILES string of the molecule is CCCCCCCCC1(CCCCCCCC)c2cc(C)ccc2-c2ccc(-c3ccc(-c4ccc(-c5ccc(C)s5)c5nc(CC)c(CC)nc45)s3)cc21. The van der Waals surface area contributed by atoms with E-state index in [4.69, 9.17) is 9.97 Å². The van der Waals surface area contributed by atoms with Gasteiger partial charge in [0.25, 0.3) is 0 Å². The summed E-state index contributed by atoms with van der Waals surface area (Å²) < 4.78 is 0. The maximum Gasteiger partial charge on any atom is 0.0983 e. The van der Waals surface area contributed by atoms with E-state index in [1.807, 2.05) is 22.7 Å². The Kier molecular flexibility index (Phi) is 13.1. The Morgan fingerprint density at radius 3 is 1.53 bits per heavy atom. The fourth-order valence-electron chi connectivity index (χ4n) is 9.23. The zero-order valence-electron chi connectivity index (χ0n) is 34.5. The molecule has 3 aromatic carbocycles. The lowest BCUT2D eigenvalue weighted by molar-refractivity contribution is 0.398. The first-order valence-corrected chi connectivity index (χ1v) is 23.3. The van der Waals surface area contributed by atoms with Crippen LogP contribution in [0.15, 0.2) is 72.8 Å². The van der Waals surface area contributed by atoms with Gasteiger partial charge in [-0.2, -0.15) is 0 Å². The highest BCUT2D eigenvalue weighted by atomic mass is 32.1. The molecule has 3 aromatic heterocycles. The van der Waals surface area contributed by atoms with Gasteiger partial charge in [-0.15, -0.1) is 22.7 Å². The molecule has 7 rings (SSSR count). The molecule has 0 bridgehead atoms. The largest absolute Gasteiger partial charge is 0.249 e. The smallest absolute Gasteiger partial charge is 0.0983 e. The van der Waals surface area contributed by atoms with Gasteiger partial charge in [-0.1, -0.05) is 153 Å². The molecule has 288 valence electrons. The Labute approximate surface area is 339 Å². The van der Waals surface area contributed by atoms with Gasteiger partial charge in [-0.3, -0.25) is 0 Å². The number of nitrogens with zero attached hydrogens (tertiary/aromatic N) is 2. The van der Waals surface area contributed by atoms with Crippen LogP contribution in [-0.4, -0.2) is 9.97 Å². The van der Waals surface area contributed by atoms with Gasteiger partial charge in [-0.05, 0) is 97.7 Å². The maximum atomic E-state index is 5.36. The van der Waals surface area contributed by atoms with Gasteiger partial charge in [0.15, 0.2) is 0 Å². The molecule has 0 radical (unpaired) electrons. The van der Waals surface area contributed by atoms with E-state index in [1.54, 1.807) is 11.1 Å². The van der Waals surface area contributed by atoms with Crippen molar-refractivity contribution in [2.24, 2.45) is 0 Å². The number of hydrogen-bond donors (Lipinski definition) is 0. The zero-order chi connectivity index (χ0) is 38.4. The summed E-state index contributed by atoms with van der Waals surface area (Å²) in [7, 11) is 0. The lowest BCUT2D eigenvalue weighted by Crippen LogP contribution is -2.25. The summed E-state index contributed by atoms with van der Waals surface area (Å²) >= 11 is 3.75. The summed E-state index contributed by atoms with van der Waals surface area (Å²) in [6.07, 6.45) is 20.3. The third-order valence-electron chi connectivity index (χ3n) is 12.2. The topological polar surface area (TPSA) is 25.8 Å². The van der Waals surface area contributed by atoms with Crippen molar-refractivity contribution >= 4 is 33.7 Å². The highest BCUT2D eigenvalue weighted by Crippen LogP contribution is 2.55. The van der Waals surface area contributed by atoms with Crippen LogP contribution >= 0.6 is 22.7 Å². The summed E-state index contributed by atoms with van der Waals surface area (Å²) in [5, 5.41) is 0. The minimum absolute atomic E-state index is 0.0810. The van der Waals surface area contributed by atoms with Crippen LogP contribution in [0.4, 0.5) is 0 Å². The van der Waals surface area contributed by atoms with Crippen molar-refractivity contribution < 1.29 is 0 Å². The summed E-state index contributed by atoms with van der Waals surface area (Å²) in [4.78, 5) is 15.9. The van der Waals surface area contributed by atoms with Crippen molar-refractivity contribution in [3.63, 3.8) is 0 Å². The first-order valence-electron chi connectivity index (χ1n) is 21.7. The van der Waals surface area contributed by atoms with E-state index in [9.17, 15) is 0 Å². The normalized spacial score (nSPS) is 13.1. The van der Waals surface area contributed by atoms with Crippen molar-refractivity contribution in [3.05, 3.63) is 106 Å². The van der Waals surface area contributed by atoms with Gasteiger partial charge >= 0.3 is 0 Å².